The van der Waals surface area contributed by atoms with Crippen molar-refractivity contribution < 1.29 is 14.3 Å². The number of halogens is 2. The minimum absolute atomic E-state index is 0.297. The molecule has 2 amide bonds. The molecule has 1 aliphatic rings. The zero-order chi connectivity index (χ0) is 13.8. The quantitative estimate of drug-likeness (QED) is 0.880. The van der Waals surface area contributed by atoms with Gasteiger partial charge in [-0.25, -0.2) is 10.2 Å². The molecule has 0 aromatic heterocycles. The average molecular weight is 306 g/mol. The molecule has 1 heterocycles. The largest absolute Gasteiger partial charge is 0.495 e. The van der Waals surface area contributed by atoms with Crippen molar-refractivity contribution in [2.75, 3.05) is 32.3 Å². The molecule has 0 radical (unpaired) electrons. The van der Waals surface area contributed by atoms with Gasteiger partial charge >= 0.3 is 6.03 Å². The number of benzene rings is 1. The summed E-state index contributed by atoms with van der Waals surface area (Å²) in [4.78, 5) is 12.0. The SMILES string of the molecule is COc1cc(NC(=O)N2CCOCN2)c(Cl)cc1Cl. The smallest absolute Gasteiger partial charge is 0.336 e. The van der Waals surface area contributed by atoms with Crippen LogP contribution < -0.4 is 15.5 Å². The topological polar surface area (TPSA) is 62.8 Å². The molecular formula is C11H13Cl2N3O3. The lowest BCUT2D eigenvalue weighted by molar-refractivity contribution is 0.00550. The molecule has 1 fully saturated rings. The molecular weight excluding hydrogens is 293 g/mol. The van der Waals surface area contributed by atoms with Crippen molar-refractivity contribution in [1.29, 1.82) is 0 Å². The Balaban J connectivity index is 2.11. The molecule has 2 rings (SSSR count). The molecule has 1 aromatic carbocycles. The fraction of sp³-hybridized carbons (Fsp3) is 0.364. The number of anilines is 1. The lowest BCUT2D eigenvalue weighted by atomic mass is 10.3. The van der Waals surface area contributed by atoms with E-state index in [9.17, 15) is 4.79 Å². The molecule has 0 unspecified atom stereocenters. The number of rotatable bonds is 2. The van der Waals surface area contributed by atoms with Crippen molar-refractivity contribution in [1.82, 2.24) is 10.4 Å². The van der Waals surface area contributed by atoms with Crippen molar-refractivity contribution in [3.63, 3.8) is 0 Å². The molecule has 104 valence electrons. The second kappa shape index (κ2) is 6.29. The van der Waals surface area contributed by atoms with Crippen LogP contribution in [-0.4, -0.2) is 38.0 Å². The highest BCUT2D eigenvalue weighted by Crippen LogP contribution is 2.34. The summed E-state index contributed by atoms with van der Waals surface area (Å²) in [6, 6.07) is 2.77. The number of amides is 2. The predicted octanol–water partition coefficient (Wildman–Crippen LogP) is 2.33. The van der Waals surface area contributed by atoms with Gasteiger partial charge in [0.1, 0.15) is 12.5 Å². The number of carbonyl (C=O) groups excluding carboxylic acids is 1. The van der Waals surface area contributed by atoms with Gasteiger partial charge in [0.15, 0.2) is 0 Å². The van der Waals surface area contributed by atoms with Crippen LogP contribution in [0.3, 0.4) is 0 Å². The van der Waals surface area contributed by atoms with E-state index >= 15 is 0 Å². The third kappa shape index (κ3) is 3.42. The predicted molar refractivity (Wildman–Crippen MR) is 72.7 cm³/mol. The monoisotopic (exact) mass is 305 g/mol. The van der Waals surface area contributed by atoms with Crippen LogP contribution in [0, 0.1) is 0 Å². The molecule has 8 heteroatoms. The fourth-order valence-electron chi connectivity index (χ4n) is 1.57. The first-order valence-corrected chi connectivity index (χ1v) is 6.30. The molecule has 1 saturated heterocycles. The Morgan fingerprint density at radius 2 is 2.26 bits per heavy atom. The lowest BCUT2D eigenvalue weighted by Crippen LogP contribution is -2.51. The van der Waals surface area contributed by atoms with Crippen LogP contribution >= 0.6 is 23.2 Å². The molecule has 0 bridgehead atoms. The summed E-state index contributed by atoms with van der Waals surface area (Å²) in [6.07, 6.45) is 0. The minimum Gasteiger partial charge on any atom is -0.495 e. The van der Waals surface area contributed by atoms with Crippen LogP contribution in [0.5, 0.6) is 5.75 Å². The lowest BCUT2D eigenvalue weighted by Gasteiger charge is -2.27. The standard InChI is InChI=1S/C11H13Cl2N3O3/c1-18-10-5-9(7(12)4-8(10)13)15-11(17)16-2-3-19-6-14-16/h4-5,14H,2-3,6H2,1H3,(H,15,17). The molecule has 0 atom stereocenters. The number of carbonyl (C=O) groups is 1. The Morgan fingerprint density at radius 1 is 1.47 bits per heavy atom. The molecule has 0 aliphatic carbocycles. The van der Waals surface area contributed by atoms with Gasteiger partial charge in [-0.2, -0.15) is 0 Å². The number of methoxy groups -OCH3 is 1. The van der Waals surface area contributed by atoms with E-state index in [0.29, 0.717) is 41.4 Å². The van der Waals surface area contributed by atoms with Crippen LogP contribution in [0.2, 0.25) is 10.0 Å². The molecule has 1 aliphatic heterocycles. The highest BCUT2D eigenvalue weighted by molar-refractivity contribution is 6.37. The summed E-state index contributed by atoms with van der Waals surface area (Å²) in [5, 5.41) is 4.82. The average Bonchev–Trinajstić information content (AvgIpc) is 2.42. The first-order valence-electron chi connectivity index (χ1n) is 5.54. The molecule has 1 aromatic rings. The maximum atomic E-state index is 12.0. The van der Waals surface area contributed by atoms with E-state index in [1.807, 2.05) is 0 Å². The molecule has 0 spiro atoms. The number of ether oxygens (including phenoxy) is 2. The number of nitrogens with one attached hydrogen (secondary N) is 2. The van der Waals surface area contributed by atoms with Gasteiger partial charge in [-0.05, 0) is 6.07 Å². The van der Waals surface area contributed by atoms with Crippen molar-refractivity contribution >= 4 is 34.9 Å². The Labute approximate surface area is 120 Å². The molecule has 2 N–H and O–H groups in total. The van der Waals surface area contributed by atoms with Crippen LogP contribution in [0.1, 0.15) is 0 Å². The van der Waals surface area contributed by atoms with Gasteiger partial charge in [0.25, 0.3) is 0 Å². The van der Waals surface area contributed by atoms with Gasteiger partial charge in [0, 0.05) is 6.07 Å². The van der Waals surface area contributed by atoms with Gasteiger partial charge in [0.2, 0.25) is 0 Å². The van der Waals surface area contributed by atoms with Gasteiger partial charge < -0.3 is 14.8 Å². The number of urea groups is 1. The highest BCUT2D eigenvalue weighted by atomic mass is 35.5. The van der Waals surface area contributed by atoms with E-state index in [4.69, 9.17) is 32.7 Å². The fourth-order valence-corrected chi connectivity index (χ4v) is 2.08. The summed E-state index contributed by atoms with van der Waals surface area (Å²) < 4.78 is 10.2. The molecule has 19 heavy (non-hydrogen) atoms. The zero-order valence-corrected chi connectivity index (χ0v) is 11.7. The van der Waals surface area contributed by atoms with Crippen molar-refractivity contribution in [2.24, 2.45) is 0 Å². The summed E-state index contributed by atoms with van der Waals surface area (Å²) in [5.41, 5.74) is 3.23. The van der Waals surface area contributed by atoms with Gasteiger partial charge in [-0.3, -0.25) is 5.01 Å². The number of nitrogens with zero attached hydrogens (tertiary/aromatic N) is 1. The maximum Gasteiger partial charge on any atom is 0.336 e. The summed E-state index contributed by atoms with van der Waals surface area (Å²) in [5.74, 6) is 0.441. The number of hydrazine groups is 1. The van der Waals surface area contributed by atoms with E-state index in [1.165, 1.54) is 18.2 Å². The summed E-state index contributed by atoms with van der Waals surface area (Å²) in [7, 11) is 1.49. The second-order valence-corrected chi connectivity index (χ2v) is 4.57. The Hall–Kier alpha value is -1.21. The van der Waals surface area contributed by atoms with E-state index in [-0.39, 0.29) is 6.03 Å². The second-order valence-electron chi connectivity index (χ2n) is 3.76. The van der Waals surface area contributed by atoms with Gasteiger partial charge in [0.05, 0.1) is 36.0 Å². The number of hydrogen-bond donors (Lipinski definition) is 2. The van der Waals surface area contributed by atoms with Crippen LogP contribution in [0.4, 0.5) is 10.5 Å². The van der Waals surface area contributed by atoms with E-state index < -0.39 is 0 Å². The third-order valence-corrected chi connectivity index (χ3v) is 3.15. The summed E-state index contributed by atoms with van der Waals surface area (Å²) >= 11 is 11.9. The Morgan fingerprint density at radius 3 is 2.89 bits per heavy atom. The zero-order valence-electron chi connectivity index (χ0n) is 10.2. The van der Waals surface area contributed by atoms with Crippen molar-refractivity contribution in [3.8, 4) is 5.75 Å². The Kier molecular flexibility index (Phi) is 4.71. The first kappa shape index (κ1) is 14.2. The van der Waals surface area contributed by atoms with Crippen LogP contribution in [-0.2, 0) is 4.74 Å². The van der Waals surface area contributed by atoms with Gasteiger partial charge in [-0.1, -0.05) is 23.2 Å². The van der Waals surface area contributed by atoms with E-state index in [2.05, 4.69) is 10.7 Å². The first-order chi connectivity index (χ1) is 9.11. The van der Waals surface area contributed by atoms with Crippen LogP contribution in [0.15, 0.2) is 12.1 Å². The highest BCUT2D eigenvalue weighted by Gasteiger charge is 2.18. The van der Waals surface area contributed by atoms with Crippen molar-refractivity contribution in [3.05, 3.63) is 22.2 Å². The number of hydrogen-bond acceptors (Lipinski definition) is 4. The van der Waals surface area contributed by atoms with Gasteiger partial charge in [-0.15, -0.1) is 0 Å². The third-order valence-electron chi connectivity index (χ3n) is 2.54. The van der Waals surface area contributed by atoms with Crippen molar-refractivity contribution in [2.45, 2.75) is 0 Å². The molecule has 0 saturated carbocycles. The molecule has 6 nitrogen and oxygen atoms in total. The normalized spacial score (nSPS) is 15.2. The van der Waals surface area contributed by atoms with E-state index in [0.717, 1.165) is 0 Å². The van der Waals surface area contributed by atoms with E-state index in [1.54, 1.807) is 6.07 Å². The van der Waals surface area contributed by atoms with Crippen LogP contribution in [0.25, 0.3) is 0 Å². The summed E-state index contributed by atoms with van der Waals surface area (Å²) in [6.45, 7) is 1.23. The maximum absolute atomic E-state index is 12.0. The Bertz CT molecular complexity index is 478. The minimum atomic E-state index is -0.324.